The summed E-state index contributed by atoms with van der Waals surface area (Å²) in [6.07, 6.45) is 1.76. The Morgan fingerprint density at radius 2 is 2.00 bits per heavy atom. The Kier molecular flexibility index (Phi) is 3.54. The molecule has 0 aliphatic heterocycles. The van der Waals surface area contributed by atoms with Gasteiger partial charge in [0, 0.05) is 17.6 Å². The van der Waals surface area contributed by atoms with Crippen LogP contribution in [0.1, 0.15) is 11.1 Å². The molecular weight excluding hydrogens is 280 g/mol. The van der Waals surface area contributed by atoms with Crippen LogP contribution in [-0.4, -0.2) is 9.97 Å². The first-order valence-corrected chi connectivity index (χ1v) is 6.97. The summed E-state index contributed by atoms with van der Waals surface area (Å²) in [7, 11) is 0. The molecule has 0 radical (unpaired) electrons. The molecule has 0 unspecified atom stereocenters. The number of pyridine rings is 1. The van der Waals surface area contributed by atoms with Gasteiger partial charge >= 0.3 is 0 Å². The van der Waals surface area contributed by atoms with E-state index in [0.29, 0.717) is 16.5 Å². The Bertz CT molecular complexity index is 830. The van der Waals surface area contributed by atoms with Gasteiger partial charge in [0.1, 0.15) is 16.5 Å². The lowest BCUT2D eigenvalue weighted by Gasteiger charge is -2.11. The van der Waals surface area contributed by atoms with Gasteiger partial charge in [-0.05, 0) is 37.3 Å². The highest BCUT2D eigenvalue weighted by Gasteiger charge is 2.08. The fraction of sp³-hybridized carbons (Fsp3) is 0.0588. The van der Waals surface area contributed by atoms with Crippen molar-refractivity contribution in [1.82, 2.24) is 4.98 Å². The van der Waals surface area contributed by atoms with Gasteiger partial charge in [-0.1, -0.05) is 29.9 Å². The van der Waals surface area contributed by atoms with Crippen molar-refractivity contribution < 1.29 is 4.74 Å². The third-order valence-electron chi connectivity index (χ3n) is 3.21. The predicted octanol–water partition coefficient (Wildman–Crippen LogP) is 3.97. The molecule has 0 aliphatic carbocycles. The molecule has 0 amide bonds. The summed E-state index contributed by atoms with van der Waals surface area (Å²) in [6.45, 7) is 1.99. The zero-order valence-corrected chi connectivity index (χ0v) is 12.4. The third kappa shape index (κ3) is 2.85. The van der Waals surface area contributed by atoms with Crippen LogP contribution in [0.5, 0.6) is 11.5 Å². The van der Waals surface area contributed by atoms with E-state index in [0.717, 1.165) is 22.0 Å². The monoisotopic (exact) mass is 294 g/mol. The van der Waals surface area contributed by atoms with E-state index in [1.54, 1.807) is 6.20 Å². The molecule has 0 saturated heterocycles. The van der Waals surface area contributed by atoms with Crippen LogP contribution in [-0.2, 0) is 0 Å². The molecule has 21 heavy (non-hydrogen) atoms. The molecular formula is C17H14N2OS. The number of ether oxygens (including phenoxy) is 1. The van der Waals surface area contributed by atoms with Gasteiger partial charge < -0.3 is 10.5 Å². The number of hydrogen-bond acceptors (Lipinski definition) is 3. The van der Waals surface area contributed by atoms with Crippen molar-refractivity contribution in [2.45, 2.75) is 6.92 Å². The summed E-state index contributed by atoms with van der Waals surface area (Å²) in [5.41, 5.74) is 8.48. The van der Waals surface area contributed by atoms with Crippen molar-refractivity contribution >= 4 is 28.1 Å². The first-order chi connectivity index (χ1) is 10.1. The molecule has 0 aliphatic rings. The van der Waals surface area contributed by atoms with E-state index in [2.05, 4.69) is 4.98 Å². The standard InChI is InChI=1S/C17H14N2OS/c1-11-4-7-16(14(9-11)17(18)21)20-13-6-5-12-3-2-8-19-15(12)10-13/h2-10H,1H3,(H2,18,21). The van der Waals surface area contributed by atoms with E-state index in [4.69, 9.17) is 22.7 Å². The van der Waals surface area contributed by atoms with Crippen LogP contribution < -0.4 is 10.5 Å². The van der Waals surface area contributed by atoms with E-state index in [1.807, 2.05) is 55.5 Å². The van der Waals surface area contributed by atoms with Gasteiger partial charge in [0.2, 0.25) is 0 Å². The lowest BCUT2D eigenvalue weighted by Crippen LogP contribution is -2.11. The first-order valence-electron chi connectivity index (χ1n) is 6.56. The SMILES string of the molecule is Cc1ccc(Oc2ccc3cccnc3c2)c(C(N)=S)c1. The molecule has 0 saturated carbocycles. The van der Waals surface area contributed by atoms with Gasteiger partial charge in [-0.15, -0.1) is 0 Å². The highest BCUT2D eigenvalue weighted by molar-refractivity contribution is 7.80. The van der Waals surface area contributed by atoms with Gasteiger partial charge in [0.05, 0.1) is 11.1 Å². The highest BCUT2D eigenvalue weighted by Crippen LogP contribution is 2.28. The van der Waals surface area contributed by atoms with E-state index in [-0.39, 0.29) is 0 Å². The number of thiocarbonyl (C=S) groups is 1. The molecule has 0 bridgehead atoms. The Balaban J connectivity index is 2.00. The van der Waals surface area contributed by atoms with Crippen molar-refractivity contribution in [3.8, 4) is 11.5 Å². The molecule has 2 N–H and O–H groups in total. The molecule has 4 heteroatoms. The second-order valence-electron chi connectivity index (χ2n) is 4.82. The Labute approximate surface area is 128 Å². The number of fused-ring (bicyclic) bond motifs is 1. The minimum atomic E-state index is 0.326. The van der Waals surface area contributed by atoms with E-state index in [1.165, 1.54) is 0 Å². The van der Waals surface area contributed by atoms with Crippen LogP contribution in [0, 0.1) is 6.92 Å². The number of nitrogens with zero attached hydrogens (tertiary/aromatic N) is 1. The maximum Gasteiger partial charge on any atom is 0.137 e. The van der Waals surface area contributed by atoms with Crippen molar-refractivity contribution in [2.24, 2.45) is 5.73 Å². The Morgan fingerprint density at radius 1 is 1.14 bits per heavy atom. The Morgan fingerprint density at radius 3 is 2.81 bits per heavy atom. The zero-order valence-electron chi connectivity index (χ0n) is 11.5. The molecule has 0 fully saturated rings. The van der Waals surface area contributed by atoms with Gasteiger partial charge in [-0.25, -0.2) is 0 Å². The van der Waals surface area contributed by atoms with Crippen molar-refractivity contribution in [3.05, 3.63) is 65.9 Å². The quantitative estimate of drug-likeness (QED) is 0.743. The average Bonchev–Trinajstić information content (AvgIpc) is 2.49. The highest BCUT2D eigenvalue weighted by atomic mass is 32.1. The first kappa shape index (κ1) is 13.5. The summed E-state index contributed by atoms with van der Waals surface area (Å²) in [5.74, 6) is 1.37. The average molecular weight is 294 g/mol. The van der Waals surface area contributed by atoms with Gasteiger partial charge in [-0.2, -0.15) is 0 Å². The lowest BCUT2D eigenvalue weighted by atomic mass is 10.1. The van der Waals surface area contributed by atoms with Gasteiger partial charge in [0.25, 0.3) is 0 Å². The molecule has 0 atom stereocenters. The molecule has 2 aromatic carbocycles. The molecule has 1 aromatic heterocycles. The number of aryl methyl sites for hydroxylation is 1. The van der Waals surface area contributed by atoms with Gasteiger partial charge in [0.15, 0.2) is 0 Å². The normalized spacial score (nSPS) is 10.5. The molecule has 3 aromatic rings. The fourth-order valence-electron chi connectivity index (χ4n) is 2.16. The van der Waals surface area contributed by atoms with Crippen LogP contribution in [0.4, 0.5) is 0 Å². The number of aromatic nitrogens is 1. The molecule has 104 valence electrons. The molecule has 1 heterocycles. The molecule has 3 nitrogen and oxygen atoms in total. The van der Waals surface area contributed by atoms with E-state index >= 15 is 0 Å². The summed E-state index contributed by atoms with van der Waals surface area (Å²) >= 11 is 5.09. The van der Waals surface area contributed by atoms with Crippen molar-refractivity contribution in [2.75, 3.05) is 0 Å². The van der Waals surface area contributed by atoms with Crippen molar-refractivity contribution in [3.63, 3.8) is 0 Å². The second-order valence-corrected chi connectivity index (χ2v) is 5.26. The number of benzene rings is 2. The smallest absolute Gasteiger partial charge is 0.137 e. The van der Waals surface area contributed by atoms with Crippen LogP contribution in [0.2, 0.25) is 0 Å². The summed E-state index contributed by atoms with van der Waals surface area (Å²) in [4.78, 5) is 4.65. The predicted molar refractivity (Wildman–Crippen MR) is 88.9 cm³/mol. The number of hydrogen-bond donors (Lipinski definition) is 1. The largest absolute Gasteiger partial charge is 0.457 e. The summed E-state index contributed by atoms with van der Waals surface area (Å²) < 4.78 is 5.93. The van der Waals surface area contributed by atoms with Crippen molar-refractivity contribution in [1.29, 1.82) is 0 Å². The van der Waals surface area contributed by atoms with Gasteiger partial charge in [-0.3, -0.25) is 4.98 Å². The summed E-state index contributed by atoms with van der Waals surface area (Å²) in [5, 5.41) is 1.07. The minimum Gasteiger partial charge on any atom is -0.457 e. The molecule has 0 spiro atoms. The van der Waals surface area contributed by atoms with Crippen LogP contribution >= 0.6 is 12.2 Å². The Hall–Kier alpha value is -2.46. The summed E-state index contributed by atoms with van der Waals surface area (Å²) in [6, 6.07) is 15.5. The maximum atomic E-state index is 5.93. The van der Waals surface area contributed by atoms with E-state index in [9.17, 15) is 0 Å². The van der Waals surface area contributed by atoms with Crippen LogP contribution in [0.25, 0.3) is 10.9 Å². The zero-order chi connectivity index (χ0) is 14.8. The van der Waals surface area contributed by atoms with E-state index < -0.39 is 0 Å². The fourth-order valence-corrected chi connectivity index (χ4v) is 2.32. The number of nitrogens with two attached hydrogens (primary N) is 1. The number of rotatable bonds is 3. The van der Waals surface area contributed by atoms with Crippen LogP contribution in [0.3, 0.4) is 0 Å². The lowest BCUT2D eigenvalue weighted by molar-refractivity contribution is 0.482. The minimum absolute atomic E-state index is 0.326. The molecule has 3 rings (SSSR count). The second kappa shape index (κ2) is 5.50. The maximum absolute atomic E-state index is 5.93. The topological polar surface area (TPSA) is 48.1 Å². The third-order valence-corrected chi connectivity index (χ3v) is 3.43. The van der Waals surface area contributed by atoms with Crippen LogP contribution in [0.15, 0.2) is 54.7 Å².